The second-order valence-electron chi connectivity index (χ2n) is 5.70. The van der Waals surface area contributed by atoms with Gasteiger partial charge in [0.05, 0.1) is 17.0 Å². The first-order chi connectivity index (χ1) is 9.43. The molecule has 2 aromatic rings. The van der Waals surface area contributed by atoms with E-state index in [1.807, 2.05) is 13.8 Å². The zero-order valence-electron chi connectivity index (χ0n) is 11.8. The number of fused-ring (bicyclic) bond motifs is 1. The smallest absolute Gasteiger partial charge is 0.408 e. The van der Waals surface area contributed by atoms with Crippen molar-refractivity contribution in [3.05, 3.63) is 28.7 Å². The highest BCUT2D eigenvalue weighted by atomic mass is 16.4. The fourth-order valence-corrected chi connectivity index (χ4v) is 2.18. The van der Waals surface area contributed by atoms with Gasteiger partial charge in [0, 0.05) is 12.2 Å². The molecule has 1 aromatic heterocycles. The summed E-state index contributed by atoms with van der Waals surface area (Å²) < 4.78 is 6.77. The van der Waals surface area contributed by atoms with Crippen LogP contribution in [0.4, 0.5) is 5.69 Å². The molecule has 2 rings (SSSR count). The van der Waals surface area contributed by atoms with Crippen LogP contribution in [0, 0.1) is 16.7 Å². The van der Waals surface area contributed by atoms with Crippen molar-refractivity contribution in [3.63, 3.8) is 0 Å². The molecule has 106 valence electrons. The zero-order valence-corrected chi connectivity index (χ0v) is 11.8. The van der Waals surface area contributed by atoms with Gasteiger partial charge < -0.3 is 10.2 Å². The molecule has 1 aromatic carbocycles. The van der Waals surface area contributed by atoms with Crippen molar-refractivity contribution in [2.24, 2.45) is 5.41 Å². The summed E-state index contributed by atoms with van der Waals surface area (Å²) in [4.78, 5) is 11.8. The molecule has 2 N–H and O–H groups in total. The van der Waals surface area contributed by atoms with Crippen molar-refractivity contribution in [1.82, 2.24) is 4.57 Å². The maximum absolute atomic E-state index is 11.8. The van der Waals surface area contributed by atoms with Gasteiger partial charge in [-0.1, -0.05) is 6.42 Å². The fourth-order valence-electron chi connectivity index (χ4n) is 2.18. The van der Waals surface area contributed by atoms with Crippen molar-refractivity contribution in [2.75, 3.05) is 5.73 Å². The lowest BCUT2D eigenvalue weighted by molar-refractivity contribution is 0.411. The second kappa shape index (κ2) is 5.41. The minimum absolute atomic E-state index is 0.312. The van der Waals surface area contributed by atoms with Crippen LogP contribution in [0.2, 0.25) is 0 Å². The van der Waals surface area contributed by atoms with Crippen molar-refractivity contribution in [3.8, 4) is 6.07 Å². The zero-order chi connectivity index (χ0) is 14.8. The Morgan fingerprint density at radius 3 is 2.85 bits per heavy atom. The molecule has 20 heavy (non-hydrogen) atoms. The van der Waals surface area contributed by atoms with Crippen LogP contribution in [-0.4, -0.2) is 4.57 Å². The molecule has 0 spiro atoms. The first-order valence-electron chi connectivity index (χ1n) is 6.73. The molecule has 0 aliphatic rings. The Bertz CT molecular complexity index is 704. The van der Waals surface area contributed by atoms with Gasteiger partial charge in [0.25, 0.3) is 0 Å². The summed E-state index contributed by atoms with van der Waals surface area (Å²) in [5.74, 6) is -0.356. The number of nitrogens with two attached hydrogens (primary N) is 1. The molecule has 0 saturated heterocycles. The third-order valence-corrected chi connectivity index (χ3v) is 3.43. The Kier molecular flexibility index (Phi) is 3.84. The van der Waals surface area contributed by atoms with E-state index in [1.165, 1.54) is 0 Å². The number of aryl methyl sites for hydroxylation is 1. The van der Waals surface area contributed by atoms with Crippen molar-refractivity contribution < 1.29 is 4.42 Å². The molecule has 5 nitrogen and oxygen atoms in total. The highest BCUT2D eigenvalue weighted by Gasteiger charge is 2.16. The van der Waals surface area contributed by atoms with Crippen LogP contribution in [0.25, 0.3) is 11.1 Å². The lowest BCUT2D eigenvalue weighted by Gasteiger charge is -2.14. The molecular weight excluding hydrogens is 254 g/mol. The molecule has 0 atom stereocenters. The lowest BCUT2D eigenvalue weighted by Crippen LogP contribution is -2.15. The first-order valence-corrected chi connectivity index (χ1v) is 6.73. The average molecular weight is 273 g/mol. The molecule has 5 heteroatoms. The number of benzene rings is 1. The highest BCUT2D eigenvalue weighted by molar-refractivity contribution is 5.76. The van der Waals surface area contributed by atoms with Crippen LogP contribution in [0.1, 0.15) is 33.1 Å². The Morgan fingerprint density at radius 1 is 1.40 bits per heavy atom. The van der Waals surface area contributed by atoms with Crippen molar-refractivity contribution in [2.45, 2.75) is 39.7 Å². The largest absolute Gasteiger partial charge is 0.419 e. The molecule has 0 fully saturated rings. The molecule has 1 heterocycles. The molecule has 0 amide bonds. The van der Waals surface area contributed by atoms with E-state index in [9.17, 15) is 4.79 Å². The SMILES string of the molecule is CC(C)(C#N)CCCCn1c(=O)oc2ccc(N)cc21. The third kappa shape index (κ3) is 3.02. The predicted octanol–water partition coefficient (Wildman–Crippen LogP) is 2.90. The van der Waals surface area contributed by atoms with Gasteiger partial charge in [-0.3, -0.25) is 4.57 Å². The topological polar surface area (TPSA) is 85.0 Å². The van der Waals surface area contributed by atoms with E-state index in [1.54, 1.807) is 22.8 Å². The summed E-state index contributed by atoms with van der Waals surface area (Å²) in [5, 5.41) is 8.96. The lowest BCUT2D eigenvalue weighted by atomic mass is 9.89. The number of anilines is 1. The Morgan fingerprint density at radius 2 is 2.15 bits per heavy atom. The van der Waals surface area contributed by atoms with E-state index >= 15 is 0 Å². The maximum atomic E-state index is 11.8. The summed E-state index contributed by atoms with van der Waals surface area (Å²) in [7, 11) is 0. The maximum Gasteiger partial charge on any atom is 0.419 e. The molecule has 0 unspecified atom stereocenters. The monoisotopic (exact) mass is 273 g/mol. The van der Waals surface area contributed by atoms with Gasteiger partial charge in [-0.2, -0.15) is 5.26 Å². The van der Waals surface area contributed by atoms with Gasteiger partial charge in [-0.05, 0) is 44.9 Å². The summed E-state index contributed by atoms with van der Waals surface area (Å²) in [6.45, 7) is 4.43. The van der Waals surface area contributed by atoms with Gasteiger partial charge in [0.2, 0.25) is 0 Å². The summed E-state index contributed by atoms with van der Waals surface area (Å²) >= 11 is 0. The van der Waals surface area contributed by atoms with Crippen LogP contribution in [0.3, 0.4) is 0 Å². The molecule has 0 saturated carbocycles. The van der Waals surface area contributed by atoms with Gasteiger partial charge >= 0.3 is 5.76 Å². The van der Waals surface area contributed by atoms with Crippen molar-refractivity contribution >= 4 is 16.8 Å². The molecular formula is C15H19N3O2. The number of hydrogen-bond acceptors (Lipinski definition) is 4. The fraction of sp³-hybridized carbons (Fsp3) is 0.467. The number of hydrogen-bond donors (Lipinski definition) is 1. The van der Waals surface area contributed by atoms with Gasteiger partial charge in [-0.25, -0.2) is 4.79 Å². The number of nitriles is 1. The number of aromatic nitrogens is 1. The summed E-state index contributed by atoms with van der Waals surface area (Å²) in [5.41, 5.74) is 7.32. The van der Waals surface area contributed by atoms with Crippen LogP contribution in [-0.2, 0) is 6.54 Å². The number of rotatable bonds is 5. The minimum Gasteiger partial charge on any atom is -0.408 e. The number of nitrogens with zero attached hydrogens (tertiary/aromatic N) is 2. The number of unbranched alkanes of at least 4 members (excludes halogenated alkanes) is 1. The van der Waals surface area contributed by atoms with E-state index in [0.717, 1.165) is 24.8 Å². The molecule has 0 bridgehead atoms. The van der Waals surface area contributed by atoms with Crippen molar-refractivity contribution in [1.29, 1.82) is 5.26 Å². The van der Waals surface area contributed by atoms with Gasteiger partial charge in [-0.15, -0.1) is 0 Å². The average Bonchev–Trinajstić information content (AvgIpc) is 2.70. The van der Waals surface area contributed by atoms with Crippen LogP contribution in [0.5, 0.6) is 0 Å². The quantitative estimate of drug-likeness (QED) is 0.670. The minimum atomic E-state index is -0.356. The van der Waals surface area contributed by atoms with Crippen LogP contribution < -0.4 is 11.5 Å². The van der Waals surface area contributed by atoms with Gasteiger partial charge in [0.1, 0.15) is 0 Å². The van der Waals surface area contributed by atoms with E-state index in [0.29, 0.717) is 17.8 Å². The van der Waals surface area contributed by atoms with E-state index < -0.39 is 0 Å². The predicted molar refractivity (Wildman–Crippen MR) is 78.1 cm³/mol. The van der Waals surface area contributed by atoms with Gasteiger partial charge in [0.15, 0.2) is 5.58 Å². The molecule has 0 radical (unpaired) electrons. The first kappa shape index (κ1) is 14.2. The van der Waals surface area contributed by atoms with Crippen LogP contribution in [0.15, 0.2) is 27.4 Å². The Labute approximate surface area is 117 Å². The normalized spacial score (nSPS) is 11.7. The summed E-state index contributed by atoms with van der Waals surface area (Å²) in [6, 6.07) is 7.45. The standard InChI is InChI=1S/C15H19N3O2/c1-15(2,10-16)7-3-4-8-18-12-9-11(17)5-6-13(12)20-14(18)19/h5-6,9H,3-4,7-8,17H2,1-2H3. The molecule has 0 aliphatic heterocycles. The Balaban J connectivity index is 2.07. The van der Waals surface area contributed by atoms with E-state index in [2.05, 4.69) is 6.07 Å². The third-order valence-electron chi connectivity index (χ3n) is 3.43. The van der Waals surface area contributed by atoms with E-state index in [-0.39, 0.29) is 11.2 Å². The second-order valence-corrected chi connectivity index (χ2v) is 5.70. The number of nitrogen functional groups attached to an aromatic ring is 1. The highest BCUT2D eigenvalue weighted by Crippen LogP contribution is 2.22. The Hall–Kier alpha value is -2.22. The van der Waals surface area contributed by atoms with Crippen LogP contribution >= 0.6 is 0 Å². The number of oxazole rings is 1. The van der Waals surface area contributed by atoms with E-state index in [4.69, 9.17) is 15.4 Å². The molecule has 0 aliphatic carbocycles. The summed E-state index contributed by atoms with van der Waals surface area (Å²) in [6.07, 6.45) is 2.53.